The quantitative estimate of drug-likeness (QED) is 0.543. The molecule has 0 bridgehead atoms. The van der Waals surface area contributed by atoms with Gasteiger partial charge in [-0.25, -0.2) is 4.79 Å². The van der Waals surface area contributed by atoms with Gasteiger partial charge >= 0.3 is 5.97 Å². The second kappa shape index (κ2) is 6.88. The SMILES string of the molecule is CC[C@@]12OC(C)(C)O[C@@H]1CCC/C2=N\OC(=O)c1c(Cl)cccc1Cl. The topological polar surface area (TPSA) is 57.1 Å². The molecule has 0 N–H and O–H groups in total. The summed E-state index contributed by atoms with van der Waals surface area (Å²) in [5, 5.41) is 4.59. The minimum Gasteiger partial charge on any atom is -0.344 e. The van der Waals surface area contributed by atoms with Gasteiger partial charge in [0, 0.05) is 0 Å². The smallest absolute Gasteiger partial charge is 0.344 e. The lowest BCUT2D eigenvalue weighted by Crippen LogP contribution is -2.50. The Morgan fingerprint density at radius 3 is 2.68 bits per heavy atom. The zero-order valence-corrected chi connectivity index (χ0v) is 16.0. The molecule has 1 aliphatic heterocycles. The number of carbonyl (C=O) groups is 1. The molecule has 1 heterocycles. The van der Waals surface area contributed by atoms with Crippen molar-refractivity contribution in [3.8, 4) is 0 Å². The molecule has 0 radical (unpaired) electrons. The summed E-state index contributed by atoms with van der Waals surface area (Å²) in [5.74, 6) is -1.38. The number of halogens is 2. The van der Waals surface area contributed by atoms with Crippen molar-refractivity contribution in [2.24, 2.45) is 5.16 Å². The van der Waals surface area contributed by atoms with E-state index < -0.39 is 17.4 Å². The van der Waals surface area contributed by atoms with Gasteiger partial charge in [-0.3, -0.25) is 0 Å². The van der Waals surface area contributed by atoms with E-state index >= 15 is 0 Å². The third-order valence-corrected chi connectivity index (χ3v) is 5.30. The second-order valence-electron chi connectivity index (χ2n) is 6.76. The average molecular weight is 386 g/mol. The average Bonchev–Trinajstić information content (AvgIpc) is 2.83. The molecule has 1 saturated carbocycles. The van der Waals surface area contributed by atoms with Crippen molar-refractivity contribution in [2.45, 2.75) is 63.9 Å². The predicted octanol–water partition coefficient (Wildman–Crippen LogP) is 4.99. The molecule has 2 atom stereocenters. The van der Waals surface area contributed by atoms with Crippen molar-refractivity contribution >= 4 is 34.9 Å². The third kappa shape index (κ3) is 3.43. The molecule has 7 heteroatoms. The summed E-state index contributed by atoms with van der Waals surface area (Å²) in [4.78, 5) is 17.5. The van der Waals surface area contributed by atoms with Crippen molar-refractivity contribution in [1.82, 2.24) is 0 Å². The number of hydrogen-bond donors (Lipinski definition) is 0. The van der Waals surface area contributed by atoms with Crippen LogP contribution in [-0.4, -0.2) is 29.2 Å². The molecule has 0 amide bonds. The predicted molar refractivity (Wildman–Crippen MR) is 96.2 cm³/mol. The van der Waals surface area contributed by atoms with Crippen LogP contribution in [0.5, 0.6) is 0 Å². The van der Waals surface area contributed by atoms with Gasteiger partial charge in [-0.2, -0.15) is 0 Å². The number of oxime groups is 1. The van der Waals surface area contributed by atoms with E-state index in [-0.39, 0.29) is 21.7 Å². The number of hydrogen-bond acceptors (Lipinski definition) is 5. The number of carbonyl (C=O) groups excluding carboxylic acids is 1. The molecule has 25 heavy (non-hydrogen) atoms. The molecule has 1 aromatic rings. The molecule has 2 aliphatic rings. The summed E-state index contributed by atoms with van der Waals surface area (Å²) in [6.07, 6.45) is 3.07. The standard InChI is InChI=1S/C18H21Cl2NO4/c1-4-18-13(9-6-10-14(18)23-17(2,3)25-18)21-24-16(22)15-11(19)7-5-8-12(15)20/h5,7-8,14H,4,6,9-10H2,1-3H3/b21-13+/t14-,18+/m1/s1. The fourth-order valence-electron chi connectivity index (χ4n) is 3.63. The van der Waals surface area contributed by atoms with E-state index in [0.29, 0.717) is 18.6 Å². The monoisotopic (exact) mass is 385 g/mol. The summed E-state index contributed by atoms with van der Waals surface area (Å²) in [7, 11) is 0. The van der Waals surface area contributed by atoms with Crippen LogP contribution >= 0.6 is 23.2 Å². The normalized spacial score (nSPS) is 29.5. The van der Waals surface area contributed by atoms with Crippen LogP contribution < -0.4 is 0 Å². The van der Waals surface area contributed by atoms with Crippen LogP contribution in [0.15, 0.2) is 23.4 Å². The molecule has 0 aromatic heterocycles. The Labute approximate surface area is 157 Å². The van der Waals surface area contributed by atoms with Gasteiger partial charge in [-0.1, -0.05) is 41.3 Å². The van der Waals surface area contributed by atoms with Crippen molar-refractivity contribution in [3.63, 3.8) is 0 Å². The first-order valence-electron chi connectivity index (χ1n) is 8.40. The number of fused-ring (bicyclic) bond motifs is 1. The van der Waals surface area contributed by atoms with E-state index in [1.807, 2.05) is 20.8 Å². The summed E-state index contributed by atoms with van der Waals surface area (Å²) in [6.45, 7) is 5.79. The van der Waals surface area contributed by atoms with E-state index in [1.54, 1.807) is 18.2 Å². The summed E-state index contributed by atoms with van der Waals surface area (Å²) < 4.78 is 12.2. The molecule has 3 rings (SSSR count). The summed E-state index contributed by atoms with van der Waals surface area (Å²) >= 11 is 12.1. The van der Waals surface area contributed by atoms with Gasteiger partial charge < -0.3 is 14.3 Å². The molecule has 1 aliphatic carbocycles. The van der Waals surface area contributed by atoms with Gasteiger partial charge in [0.05, 0.1) is 27.4 Å². The fraction of sp³-hybridized carbons (Fsp3) is 0.556. The maximum Gasteiger partial charge on any atom is 0.368 e. The number of benzene rings is 1. The van der Waals surface area contributed by atoms with Gasteiger partial charge in [0.15, 0.2) is 5.79 Å². The second-order valence-corrected chi connectivity index (χ2v) is 7.57. The Morgan fingerprint density at radius 1 is 1.36 bits per heavy atom. The van der Waals surface area contributed by atoms with E-state index in [1.165, 1.54) is 0 Å². The maximum absolute atomic E-state index is 12.4. The summed E-state index contributed by atoms with van der Waals surface area (Å²) in [5.41, 5.74) is 0.136. The van der Waals surface area contributed by atoms with Crippen LogP contribution in [0.3, 0.4) is 0 Å². The molecular formula is C18H21Cl2NO4. The maximum atomic E-state index is 12.4. The van der Waals surface area contributed by atoms with Crippen LogP contribution in [0.2, 0.25) is 10.0 Å². The zero-order chi connectivity index (χ0) is 18.2. The van der Waals surface area contributed by atoms with Crippen LogP contribution in [-0.2, 0) is 14.3 Å². The van der Waals surface area contributed by atoms with Crippen molar-refractivity contribution in [1.29, 1.82) is 0 Å². The molecular weight excluding hydrogens is 365 g/mol. The zero-order valence-electron chi connectivity index (χ0n) is 14.5. The minimum atomic E-state index is -0.693. The van der Waals surface area contributed by atoms with Gasteiger partial charge in [0.1, 0.15) is 5.60 Å². The van der Waals surface area contributed by atoms with Crippen LogP contribution in [0, 0.1) is 0 Å². The lowest BCUT2D eigenvalue weighted by Gasteiger charge is -2.36. The fourth-order valence-corrected chi connectivity index (χ4v) is 4.18. The van der Waals surface area contributed by atoms with Crippen molar-refractivity contribution in [2.75, 3.05) is 0 Å². The van der Waals surface area contributed by atoms with Crippen molar-refractivity contribution < 1.29 is 19.1 Å². The highest BCUT2D eigenvalue weighted by molar-refractivity contribution is 6.39. The first kappa shape index (κ1) is 18.6. The minimum absolute atomic E-state index is 0.0948. The largest absolute Gasteiger partial charge is 0.368 e. The molecule has 0 spiro atoms. The molecule has 136 valence electrons. The van der Waals surface area contributed by atoms with Gasteiger partial charge in [0.25, 0.3) is 0 Å². The lowest BCUT2D eigenvalue weighted by molar-refractivity contribution is -0.153. The lowest BCUT2D eigenvalue weighted by atomic mass is 9.79. The Hall–Kier alpha value is -1.14. The highest BCUT2D eigenvalue weighted by Gasteiger charge is 2.56. The molecule has 1 aromatic carbocycles. The van der Waals surface area contributed by atoms with Crippen LogP contribution in [0.25, 0.3) is 0 Å². The molecule has 0 unspecified atom stereocenters. The van der Waals surface area contributed by atoms with Gasteiger partial charge in [-0.05, 0) is 51.7 Å². The summed E-state index contributed by atoms with van der Waals surface area (Å²) in [6, 6.07) is 4.83. The van der Waals surface area contributed by atoms with E-state index in [2.05, 4.69) is 5.16 Å². The first-order chi connectivity index (χ1) is 11.8. The van der Waals surface area contributed by atoms with E-state index in [9.17, 15) is 4.79 Å². The Morgan fingerprint density at radius 2 is 2.04 bits per heavy atom. The molecule has 1 saturated heterocycles. The third-order valence-electron chi connectivity index (χ3n) is 4.67. The first-order valence-corrected chi connectivity index (χ1v) is 9.15. The Kier molecular flexibility index (Phi) is 5.13. The highest BCUT2D eigenvalue weighted by atomic mass is 35.5. The van der Waals surface area contributed by atoms with Gasteiger partial charge in [-0.15, -0.1) is 0 Å². The number of ether oxygens (including phenoxy) is 2. The van der Waals surface area contributed by atoms with E-state index in [0.717, 1.165) is 12.8 Å². The Balaban J connectivity index is 1.86. The number of nitrogens with zero attached hydrogens (tertiary/aromatic N) is 1. The van der Waals surface area contributed by atoms with Crippen molar-refractivity contribution in [3.05, 3.63) is 33.8 Å². The molecule has 5 nitrogen and oxygen atoms in total. The van der Waals surface area contributed by atoms with E-state index in [4.69, 9.17) is 37.5 Å². The van der Waals surface area contributed by atoms with Gasteiger partial charge in [0.2, 0.25) is 0 Å². The number of rotatable bonds is 3. The molecule has 2 fully saturated rings. The van der Waals surface area contributed by atoms with Crippen LogP contribution in [0.1, 0.15) is 56.8 Å². The highest BCUT2D eigenvalue weighted by Crippen LogP contribution is 2.45. The van der Waals surface area contributed by atoms with Crippen LogP contribution in [0.4, 0.5) is 0 Å². The Bertz CT molecular complexity index is 699.